The Morgan fingerprint density at radius 2 is 2.08 bits per heavy atom. The number of aldehydes is 1. The van der Waals surface area contributed by atoms with Gasteiger partial charge < -0.3 is 19.6 Å². The summed E-state index contributed by atoms with van der Waals surface area (Å²) in [5.74, 6) is 0. The summed E-state index contributed by atoms with van der Waals surface area (Å²) in [6, 6.07) is -0.664. The number of amides is 1. The van der Waals surface area contributed by atoms with Crippen LogP contribution < -0.4 is 5.32 Å². The van der Waals surface area contributed by atoms with E-state index in [1.54, 1.807) is 6.92 Å². The Labute approximate surface area is 71.0 Å². The zero-order valence-corrected chi connectivity index (χ0v) is 7.37. The first-order valence-corrected chi connectivity index (χ1v) is 3.48. The summed E-state index contributed by atoms with van der Waals surface area (Å²) < 4.78 is 9.16. The van der Waals surface area contributed by atoms with E-state index < -0.39 is 12.1 Å². The molecule has 0 saturated carbocycles. The maximum absolute atomic E-state index is 10.7. The molecule has 1 N–H and O–H groups in total. The second kappa shape index (κ2) is 5.54. The smallest absolute Gasteiger partial charge is 0.407 e. The molecule has 12 heavy (non-hydrogen) atoms. The number of rotatable bonds is 4. The van der Waals surface area contributed by atoms with E-state index in [4.69, 9.17) is 4.74 Å². The van der Waals surface area contributed by atoms with E-state index in [2.05, 4.69) is 10.1 Å². The van der Waals surface area contributed by atoms with Gasteiger partial charge in [0.05, 0.1) is 13.2 Å². The minimum absolute atomic E-state index is 0.360. The van der Waals surface area contributed by atoms with Crippen molar-refractivity contribution in [2.24, 2.45) is 0 Å². The lowest BCUT2D eigenvalue weighted by Gasteiger charge is -2.17. The summed E-state index contributed by atoms with van der Waals surface area (Å²) in [7, 11) is 2.69. The highest BCUT2D eigenvalue weighted by Crippen LogP contribution is 1.94. The highest BCUT2D eigenvalue weighted by molar-refractivity contribution is 5.73. The van der Waals surface area contributed by atoms with Crippen LogP contribution in [0.4, 0.5) is 4.79 Å². The second-order valence-corrected chi connectivity index (χ2v) is 2.24. The van der Waals surface area contributed by atoms with Crippen molar-refractivity contribution in [3.8, 4) is 0 Å². The molecule has 0 aromatic rings. The quantitative estimate of drug-likeness (QED) is 0.608. The molecule has 1 amide bonds. The average Bonchev–Trinajstić information content (AvgIpc) is 2.12. The number of carbonyl (C=O) groups is 2. The molecule has 0 saturated heterocycles. The van der Waals surface area contributed by atoms with Gasteiger partial charge in [-0.3, -0.25) is 0 Å². The monoisotopic (exact) mass is 175 g/mol. The minimum Gasteiger partial charge on any atom is -0.453 e. The molecule has 5 nitrogen and oxygen atoms in total. The number of ether oxygens (including phenoxy) is 2. The van der Waals surface area contributed by atoms with Crippen molar-refractivity contribution in [2.75, 3.05) is 14.2 Å². The molecule has 0 spiro atoms. The fourth-order valence-electron chi connectivity index (χ4n) is 0.604. The van der Waals surface area contributed by atoms with Crippen LogP contribution in [0.1, 0.15) is 6.92 Å². The van der Waals surface area contributed by atoms with Gasteiger partial charge in [-0.15, -0.1) is 0 Å². The molecule has 0 rings (SSSR count). The molecule has 0 aliphatic rings. The van der Waals surface area contributed by atoms with Crippen LogP contribution in [0.5, 0.6) is 0 Å². The van der Waals surface area contributed by atoms with Crippen molar-refractivity contribution in [1.29, 1.82) is 0 Å². The summed E-state index contributed by atoms with van der Waals surface area (Å²) in [5.41, 5.74) is 0. The number of carbonyl (C=O) groups excluding carboxylic acids is 2. The van der Waals surface area contributed by atoms with E-state index >= 15 is 0 Å². The zero-order chi connectivity index (χ0) is 9.56. The molecule has 0 bridgehead atoms. The molecule has 0 aromatic carbocycles. The van der Waals surface area contributed by atoms with E-state index in [-0.39, 0.29) is 6.10 Å². The Morgan fingerprint density at radius 3 is 2.42 bits per heavy atom. The average molecular weight is 175 g/mol. The molecule has 0 fully saturated rings. The molecule has 0 aliphatic carbocycles. The lowest BCUT2D eigenvalue weighted by atomic mass is 10.2. The fraction of sp³-hybridized carbons (Fsp3) is 0.714. The SMILES string of the molecule is COC(=O)NC(C=O)[C@@H](C)OC. The molecule has 0 aromatic heterocycles. The lowest BCUT2D eigenvalue weighted by Crippen LogP contribution is -2.43. The predicted octanol–water partition coefficient (Wildman–Crippen LogP) is -0.0552. The van der Waals surface area contributed by atoms with Gasteiger partial charge in [-0.05, 0) is 6.92 Å². The summed E-state index contributed by atoms with van der Waals surface area (Å²) in [6.07, 6.45) is -0.400. The van der Waals surface area contributed by atoms with Crippen molar-refractivity contribution in [1.82, 2.24) is 5.32 Å². The highest BCUT2D eigenvalue weighted by atomic mass is 16.5. The van der Waals surface area contributed by atoms with Gasteiger partial charge in [-0.2, -0.15) is 0 Å². The van der Waals surface area contributed by atoms with Gasteiger partial charge in [0.1, 0.15) is 12.3 Å². The number of methoxy groups -OCH3 is 2. The van der Waals surface area contributed by atoms with Crippen LogP contribution in [0.15, 0.2) is 0 Å². The second-order valence-electron chi connectivity index (χ2n) is 2.24. The van der Waals surface area contributed by atoms with Gasteiger partial charge in [-0.25, -0.2) is 4.79 Å². The summed E-state index contributed by atoms with van der Waals surface area (Å²) in [6.45, 7) is 1.68. The van der Waals surface area contributed by atoms with Crippen LogP contribution in [0.3, 0.4) is 0 Å². The molecule has 0 heterocycles. The van der Waals surface area contributed by atoms with Gasteiger partial charge in [0.15, 0.2) is 0 Å². The van der Waals surface area contributed by atoms with Crippen molar-refractivity contribution in [3.05, 3.63) is 0 Å². The molecule has 2 atom stereocenters. The zero-order valence-electron chi connectivity index (χ0n) is 7.37. The topological polar surface area (TPSA) is 64.6 Å². The summed E-state index contributed by atoms with van der Waals surface area (Å²) in [4.78, 5) is 21.1. The number of hydrogen-bond donors (Lipinski definition) is 1. The molecule has 5 heteroatoms. The summed E-state index contributed by atoms with van der Waals surface area (Å²) >= 11 is 0. The van der Waals surface area contributed by atoms with Crippen LogP contribution in [-0.4, -0.2) is 38.7 Å². The maximum Gasteiger partial charge on any atom is 0.407 e. The van der Waals surface area contributed by atoms with Gasteiger partial charge in [0.25, 0.3) is 0 Å². The van der Waals surface area contributed by atoms with Crippen LogP contribution in [0.2, 0.25) is 0 Å². The first kappa shape index (κ1) is 10.9. The van der Waals surface area contributed by atoms with Crippen LogP contribution in [0, 0.1) is 0 Å². The largest absolute Gasteiger partial charge is 0.453 e. The van der Waals surface area contributed by atoms with Crippen LogP contribution in [-0.2, 0) is 14.3 Å². The van der Waals surface area contributed by atoms with Gasteiger partial charge >= 0.3 is 6.09 Å². The third kappa shape index (κ3) is 3.34. The number of alkyl carbamates (subject to hydrolysis) is 1. The molecular formula is C7H13NO4. The Balaban J connectivity index is 3.98. The van der Waals surface area contributed by atoms with E-state index in [0.717, 1.165) is 0 Å². The standard InChI is InChI=1S/C7H13NO4/c1-5(11-2)6(4-9)8-7(10)12-3/h4-6H,1-3H3,(H,8,10)/t5-,6?/m1/s1. The Morgan fingerprint density at radius 1 is 1.50 bits per heavy atom. The first-order chi connectivity index (χ1) is 5.65. The molecular weight excluding hydrogens is 162 g/mol. The Hall–Kier alpha value is -1.10. The number of nitrogens with one attached hydrogen (secondary N) is 1. The van der Waals surface area contributed by atoms with Crippen molar-refractivity contribution >= 4 is 12.4 Å². The van der Waals surface area contributed by atoms with Crippen molar-refractivity contribution in [2.45, 2.75) is 19.1 Å². The molecule has 1 unspecified atom stereocenters. The van der Waals surface area contributed by atoms with Crippen molar-refractivity contribution in [3.63, 3.8) is 0 Å². The van der Waals surface area contributed by atoms with E-state index in [1.807, 2.05) is 0 Å². The predicted molar refractivity (Wildman–Crippen MR) is 41.9 cm³/mol. The van der Waals surface area contributed by atoms with Gasteiger partial charge in [0, 0.05) is 7.11 Å². The van der Waals surface area contributed by atoms with Crippen molar-refractivity contribution < 1.29 is 19.1 Å². The van der Waals surface area contributed by atoms with Gasteiger partial charge in [0.2, 0.25) is 0 Å². The number of hydrogen-bond acceptors (Lipinski definition) is 4. The first-order valence-electron chi connectivity index (χ1n) is 3.48. The molecule has 70 valence electrons. The third-order valence-electron chi connectivity index (χ3n) is 1.49. The fourth-order valence-corrected chi connectivity index (χ4v) is 0.604. The van der Waals surface area contributed by atoms with Gasteiger partial charge in [-0.1, -0.05) is 0 Å². The maximum atomic E-state index is 10.7. The third-order valence-corrected chi connectivity index (χ3v) is 1.49. The lowest BCUT2D eigenvalue weighted by molar-refractivity contribution is -0.112. The normalized spacial score (nSPS) is 14.6. The molecule has 0 radical (unpaired) electrons. The summed E-state index contributed by atoms with van der Waals surface area (Å²) in [5, 5.41) is 2.31. The van der Waals surface area contributed by atoms with E-state index in [1.165, 1.54) is 14.2 Å². The minimum atomic E-state index is -0.664. The highest BCUT2D eigenvalue weighted by Gasteiger charge is 2.18. The van der Waals surface area contributed by atoms with Crippen LogP contribution in [0.25, 0.3) is 0 Å². The van der Waals surface area contributed by atoms with Crippen LogP contribution >= 0.6 is 0 Å². The van der Waals surface area contributed by atoms with E-state index in [0.29, 0.717) is 6.29 Å². The Bertz CT molecular complexity index is 159. The molecule has 0 aliphatic heterocycles. The Kier molecular flexibility index (Phi) is 5.03. The van der Waals surface area contributed by atoms with E-state index in [9.17, 15) is 9.59 Å².